The van der Waals surface area contributed by atoms with Crippen molar-refractivity contribution < 1.29 is 0 Å². The molecule has 0 unspecified atom stereocenters. The van der Waals surface area contributed by atoms with Gasteiger partial charge in [-0.3, -0.25) is 4.98 Å². The summed E-state index contributed by atoms with van der Waals surface area (Å²) in [5.74, 6) is 0. The van der Waals surface area contributed by atoms with Crippen LogP contribution in [0.2, 0.25) is 0 Å². The van der Waals surface area contributed by atoms with Gasteiger partial charge in [-0.05, 0) is 71.8 Å². The van der Waals surface area contributed by atoms with Crippen LogP contribution in [0.5, 0.6) is 0 Å². The first-order chi connectivity index (χ1) is 12.2. The Kier molecular flexibility index (Phi) is 6.27. The van der Waals surface area contributed by atoms with Crippen molar-refractivity contribution in [2.45, 2.75) is 45.4 Å². The Morgan fingerprint density at radius 2 is 2.00 bits per heavy atom. The van der Waals surface area contributed by atoms with Crippen LogP contribution in [-0.2, 0) is 12.8 Å². The number of halogens is 1. The minimum absolute atomic E-state index is 0.748. The molecule has 0 saturated heterocycles. The summed E-state index contributed by atoms with van der Waals surface area (Å²) in [6.07, 6.45) is 10.5. The third-order valence-corrected chi connectivity index (χ3v) is 5.14. The van der Waals surface area contributed by atoms with Crippen molar-refractivity contribution in [3.8, 4) is 11.3 Å². The van der Waals surface area contributed by atoms with Crippen LogP contribution < -0.4 is 5.73 Å². The van der Waals surface area contributed by atoms with Crippen LogP contribution >= 0.6 is 15.9 Å². The Morgan fingerprint density at radius 1 is 1.12 bits per heavy atom. The summed E-state index contributed by atoms with van der Waals surface area (Å²) in [7, 11) is 0. The summed E-state index contributed by atoms with van der Waals surface area (Å²) in [4.78, 5) is 8.07. The van der Waals surface area contributed by atoms with Crippen molar-refractivity contribution in [2.75, 3.05) is 6.54 Å². The minimum Gasteiger partial charge on any atom is -0.354 e. The largest absolute Gasteiger partial charge is 0.354 e. The van der Waals surface area contributed by atoms with E-state index in [-0.39, 0.29) is 0 Å². The van der Waals surface area contributed by atoms with E-state index in [4.69, 9.17) is 5.73 Å². The molecule has 3 rings (SSSR count). The molecular weight excluding hydrogens is 374 g/mol. The van der Waals surface area contributed by atoms with Crippen LogP contribution in [0.15, 0.2) is 41.1 Å². The smallest absolute Gasteiger partial charge is 0.0513 e. The molecule has 3 aromatic rings. The summed E-state index contributed by atoms with van der Waals surface area (Å²) in [6, 6.07) is 8.82. The maximum absolute atomic E-state index is 5.70. The number of fused-ring (bicyclic) bond motifs is 1. The quantitative estimate of drug-likeness (QED) is 0.483. The number of hydrogen-bond acceptors (Lipinski definition) is 2. The summed E-state index contributed by atoms with van der Waals surface area (Å²) < 4.78 is 1.00. The third kappa shape index (κ3) is 4.13. The fourth-order valence-corrected chi connectivity index (χ4v) is 3.78. The Morgan fingerprint density at radius 3 is 2.76 bits per heavy atom. The highest BCUT2D eigenvalue weighted by Crippen LogP contribution is 2.34. The van der Waals surface area contributed by atoms with Crippen molar-refractivity contribution in [1.29, 1.82) is 0 Å². The van der Waals surface area contributed by atoms with Gasteiger partial charge in [0.15, 0.2) is 0 Å². The minimum atomic E-state index is 0.748. The molecule has 0 saturated carbocycles. The van der Waals surface area contributed by atoms with E-state index < -0.39 is 0 Å². The molecule has 0 fully saturated rings. The van der Waals surface area contributed by atoms with E-state index in [9.17, 15) is 0 Å². The molecule has 0 aliphatic heterocycles. The normalized spacial score (nSPS) is 11.3. The van der Waals surface area contributed by atoms with Crippen LogP contribution in [0.3, 0.4) is 0 Å². The zero-order valence-electron chi connectivity index (χ0n) is 14.8. The number of unbranched alkanes of at least 4 members (excludes halogenated alkanes) is 2. The van der Waals surface area contributed by atoms with Crippen LogP contribution in [0.4, 0.5) is 0 Å². The number of aromatic amines is 1. The first-order valence-corrected chi connectivity index (χ1v) is 9.97. The molecule has 0 atom stereocenters. The van der Waals surface area contributed by atoms with Crippen molar-refractivity contribution in [1.82, 2.24) is 9.97 Å². The van der Waals surface area contributed by atoms with E-state index in [1.165, 1.54) is 40.6 Å². The van der Waals surface area contributed by atoms with Gasteiger partial charge in [-0.1, -0.05) is 31.5 Å². The second-order valence-corrected chi connectivity index (χ2v) is 7.48. The maximum Gasteiger partial charge on any atom is 0.0513 e. The molecular formula is C21H26BrN3. The zero-order chi connectivity index (χ0) is 17.6. The second kappa shape index (κ2) is 8.63. The number of para-hydroxylation sites is 1. The van der Waals surface area contributed by atoms with Gasteiger partial charge >= 0.3 is 0 Å². The van der Waals surface area contributed by atoms with Gasteiger partial charge in [-0.2, -0.15) is 0 Å². The molecule has 2 heterocycles. The molecule has 2 aromatic heterocycles. The van der Waals surface area contributed by atoms with Gasteiger partial charge in [0.1, 0.15) is 0 Å². The number of nitrogens with one attached hydrogen (secondary N) is 1. The molecule has 0 aliphatic rings. The number of aromatic nitrogens is 2. The van der Waals surface area contributed by atoms with Crippen LogP contribution in [0, 0.1) is 0 Å². The summed E-state index contributed by atoms with van der Waals surface area (Å²) >= 11 is 3.55. The molecule has 4 heteroatoms. The van der Waals surface area contributed by atoms with Gasteiger partial charge in [-0.25, -0.2) is 0 Å². The standard InChI is InChI=1S/C21H26BrN3/c1-2-3-7-15-8-6-10-19-18(9-4-5-11-23)21(25-20(15)19)16-12-17(22)14-24-13-16/h6,8,10,12-14,25H,2-5,7,9,11,23H2,1H3. The van der Waals surface area contributed by atoms with E-state index in [0.29, 0.717) is 0 Å². The lowest BCUT2D eigenvalue weighted by Gasteiger charge is -2.05. The molecule has 0 radical (unpaired) electrons. The highest BCUT2D eigenvalue weighted by Gasteiger charge is 2.15. The van der Waals surface area contributed by atoms with Crippen LogP contribution in [0.25, 0.3) is 22.2 Å². The number of H-pyrrole nitrogens is 1. The van der Waals surface area contributed by atoms with Crippen LogP contribution in [0.1, 0.15) is 43.7 Å². The van der Waals surface area contributed by atoms with E-state index in [2.05, 4.69) is 57.1 Å². The molecule has 3 N–H and O–H groups in total. The summed E-state index contributed by atoms with van der Waals surface area (Å²) in [6.45, 7) is 2.99. The topological polar surface area (TPSA) is 54.7 Å². The third-order valence-electron chi connectivity index (χ3n) is 4.70. The van der Waals surface area contributed by atoms with Crippen LogP contribution in [-0.4, -0.2) is 16.5 Å². The van der Waals surface area contributed by atoms with Crippen molar-refractivity contribution in [2.24, 2.45) is 5.73 Å². The second-order valence-electron chi connectivity index (χ2n) is 6.56. The lowest BCUT2D eigenvalue weighted by atomic mass is 9.99. The average molecular weight is 400 g/mol. The predicted molar refractivity (Wildman–Crippen MR) is 110 cm³/mol. The molecule has 1 aromatic carbocycles. The highest BCUT2D eigenvalue weighted by atomic mass is 79.9. The highest BCUT2D eigenvalue weighted by molar-refractivity contribution is 9.10. The number of hydrogen-bond donors (Lipinski definition) is 2. The fraction of sp³-hybridized carbons (Fsp3) is 0.381. The number of aryl methyl sites for hydroxylation is 2. The van der Waals surface area contributed by atoms with E-state index in [0.717, 1.165) is 42.3 Å². The van der Waals surface area contributed by atoms with E-state index in [1.54, 1.807) is 0 Å². The number of rotatable bonds is 8. The molecule has 0 bridgehead atoms. The van der Waals surface area contributed by atoms with E-state index >= 15 is 0 Å². The summed E-state index contributed by atoms with van der Waals surface area (Å²) in [5, 5.41) is 1.35. The van der Waals surface area contributed by atoms with E-state index in [1.807, 2.05) is 12.4 Å². The zero-order valence-corrected chi connectivity index (χ0v) is 16.4. The van der Waals surface area contributed by atoms with Gasteiger partial charge in [-0.15, -0.1) is 0 Å². The molecule has 0 spiro atoms. The molecule has 25 heavy (non-hydrogen) atoms. The molecule has 132 valence electrons. The SMILES string of the molecule is CCCCc1cccc2c(CCCCN)c(-c3cncc(Br)c3)[nH]c12. The Hall–Kier alpha value is -1.65. The van der Waals surface area contributed by atoms with Gasteiger partial charge in [0.2, 0.25) is 0 Å². The number of nitrogens with zero attached hydrogens (tertiary/aromatic N) is 1. The monoisotopic (exact) mass is 399 g/mol. The molecule has 3 nitrogen and oxygen atoms in total. The number of nitrogens with two attached hydrogens (primary N) is 1. The van der Waals surface area contributed by atoms with Crippen molar-refractivity contribution in [3.63, 3.8) is 0 Å². The number of pyridine rings is 1. The fourth-order valence-electron chi connectivity index (χ4n) is 3.41. The lowest BCUT2D eigenvalue weighted by molar-refractivity contribution is 0.748. The average Bonchev–Trinajstić information content (AvgIpc) is 2.99. The maximum atomic E-state index is 5.70. The number of benzene rings is 1. The predicted octanol–water partition coefficient (Wildman–Crippen LogP) is 5.62. The van der Waals surface area contributed by atoms with Crippen molar-refractivity contribution >= 4 is 26.8 Å². The lowest BCUT2D eigenvalue weighted by Crippen LogP contribution is -1.99. The Labute approximate surface area is 158 Å². The summed E-state index contributed by atoms with van der Waals surface area (Å²) in [5.41, 5.74) is 12.1. The molecule has 0 aliphatic carbocycles. The first kappa shape index (κ1) is 18.2. The first-order valence-electron chi connectivity index (χ1n) is 9.18. The molecule has 0 amide bonds. The van der Waals surface area contributed by atoms with Crippen molar-refractivity contribution in [3.05, 3.63) is 52.3 Å². The van der Waals surface area contributed by atoms with Gasteiger partial charge in [0.05, 0.1) is 5.69 Å². The Balaban J connectivity index is 2.11. The van der Waals surface area contributed by atoms with Gasteiger partial charge < -0.3 is 10.7 Å². The van der Waals surface area contributed by atoms with Gasteiger partial charge in [0, 0.05) is 33.3 Å². The van der Waals surface area contributed by atoms with Gasteiger partial charge in [0.25, 0.3) is 0 Å². The Bertz CT molecular complexity index is 838.